The van der Waals surface area contributed by atoms with Gasteiger partial charge in [-0.1, -0.05) is 50.5 Å². The third-order valence-corrected chi connectivity index (χ3v) is 4.66. The van der Waals surface area contributed by atoms with Crippen LogP contribution in [0.2, 0.25) is 0 Å². The Kier molecular flexibility index (Phi) is 4.84. The molecule has 0 aliphatic carbocycles. The summed E-state index contributed by atoms with van der Waals surface area (Å²) < 4.78 is 2.34. The molecule has 0 bridgehead atoms. The van der Waals surface area contributed by atoms with Crippen LogP contribution in [0.5, 0.6) is 0 Å². The average Bonchev–Trinajstić information content (AvgIpc) is 2.34. The van der Waals surface area contributed by atoms with E-state index in [1.807, 2.05) is 0 Å². The van der Waals surface area contributed by atoms with Crippen LogP contribution in [-0.4, -0.2) is 23.7 Å². The van der Waals surface area contributed by atoms with E-state index in [1.54, 1.807) is 0 Å². The Bertz CT molecular complexity index is 364. The molecule has 1 aliphatic heterocycles. The van der Waals surface area contributed by atoms with Crippen molar-refractivity contribution in [2.24, 2.45) is 10.8 Å². The van der Waals surface area contributed by atoms with E-state index in [9.17, 15) is 4.79 Å². The van der Waals surface area contributed by atoms with Gasteiger partial charge >= 0.3 is 0 Å². The van der Waals surface area contributed by atoms with Crippen LogP contribution in [0.3, 0.4) is 0 Å². The van der Waals surface area contributed by atoms with Gasteiger partial charge < -0.3 is 9.99 Å². The van der Waals surface area contributed by atoms with Gasteiger partial charge in [-0.15, -0.1) is 0 Å². The number of nitrogens with zero attached hydrogens (tertiary/aromatic N) is 1. The van der Waals surface area contributed by atoms with Crippen molar-refractivity contribution in [3.63, 3.8) is 0 Å². The molecule has 1 aliphatic rings. The standard InChI is InChI=1S/C13H26N2OP2/c1-12(2,3)9-10(13(4,5)6)15(18-17)8-7-14-11(9)16/h18H,7-8,17H2,1-6H3,(H,14,16). The predicted molar refractivity (Wildman–Crippen MR) is 83.7 cm³/mol. The minimum atomic E-state index is -0.139. The van der Waals surface area contributed by atoms with Gasteiger partial charge in [0.2, 0.25) is 5.91 Å². The Labute approximate surface area is 115 Å². The van der Waals surface area contributed by atoms with Crippen LogP contribution in [0, 0.1) is 10.8 Å². The molecule has 1 heterocycles. The summed E-state index contributed by atoms with van der Waals surface area (Å²) in [5, 5.41) is 3.02. The quantitative estimate of drug-likeness (QED) is 0.752. The highest BCUT2D eigenvalue weighted by atomic mass is 32.0. The first-order valence-corrected chi connectivity index (χ1v) is 9.12. The summed E-state index contributed by atoms with van der Waals surface area (Å²) in [6.45, 7) is 14.5. The van der Waals surface area contributed by atoms with Crippen molar-refractivity contribution in [1.82, 2.24) is 9.99 Å². The number of rotatable bonds is 1. The molecule has 0 aromatic heterocycles. The van der Waals surface area contributed by atoms with Gasteiger partial charge in [-0.05, 0) is 13.8 Å². The van der Waals surface area contributed by atoms with Gasteiger partial charge in [-0.25, -0.2) is 0 Å². The maximum Gasteiger partial charge on any atom is 0.249 e. The third-order valence-electron chi connectivity index (χ3n) is 2.97. The molecule has 0 spiro atoms. The maximum atomic E-state index is 12.4. The first-order valence-electron chi connectivity index (χ1n) is 6.36. The van der Waals surface area contributed by atoms with Gasteiger partial charge in [-0.3, -0.25) is 4.79 Å². The third kappa shape index (κ3) is 3.45. The molecule has 1 rings (SSSR count). The maximum absolute atomic E-state index is 12.4. The minimum absolute atomic E-state index is 0.0200. The second kappa shape index (κ2) is 5.47. The van der Waals surface area contributed by atoms with Crippen LogP contribution in [0.15, 0.2) is 11.3 Å². The fraction of sp³-hybridized carbons (Fsp3) is 0.769. The first-order chi connectivity index (χ1) is 8.09. The van der Waals surface area contributed by atoms with E-state index in [0.29, 0.717) is 8.42 Å². The number of carbonyl (C=O) groups is 1. The lowest BCUT2D eigenvalue weighted by molar-refractivity contribution is -0.118. The van der Waals surface area contributed by atoms with E-state index >= 15 is 0 Å². The molecule has 1 amide bonds. The van der Waals surface area contributed by atoms with Gasteiger partial charge in [0.25, 0.3) is 0 Å². The minimum Gasteiger partial charge on any atom is -0.351 e. The molecule has 0 radical (unpaired) electrons. The largest absolute Gasteiger partial charge is 0.351 e. The number of carbonyl (C=O) groups excluding carboxylic acids is 1. The Hall–Kier alpha value is -0.130. The van der Waals surface area contributed by atoms with Gasteiger partial charge in [0, 0.05) is 29.8 Å². The monoisotopic (exact) mass is 288 g/mol. The molecule has 2 unspecified atom stereocenters. The van der Waals surface area contributed by atoms with Crippen molar-refractivity contribution in [1.29, 1.82) is 0 Å². The molecule has 1 N–H and O–H groups in total. The topological polar surface area (TPSA) is 32.3 Å². The lowest BCUT2D eigenvalue weighted by atomic mass is 9.78. The molecule has 0 aromatic rings. The van der Waals surface area contributed by atoms with Crippen LogP contribution in [0.1, 0.15) is 41.5 Å². The Morgan fingerprint density at radius 3 is 2.11 bits per heavy atom. The summed E-state index contributed by atoms with van der Waals surface area (Å²) in [7, 11) is 3.41. The fourth-order valence-electron chi connectivity index (χ4n) is 2.33. The van der Waals surface area contributed by atoms with Gasteiger partial charge in [0.1, 0.15) is 0 Å². The zero-order valence-electron chi connectivity index (χ0n) is 12.3. The molecule has 2 atom stereocenters. The molecular weight excluding hydrogens is 262 g/mol. The SMILES string of the molecule is CC(C)(C)C1=C(C(C)(C)C)N(PP)CCNC1=O. The summed E-state index contributed by atoms with van der Waals surface area (Å²) in [4.78, 5) is 12.4. The van der Waals surface area contributed by atoms with Gasteiger partial charge in [0.15, 0.2) is 0 Å². The van der Waals surface area contributed by atoms with E-state index in [-0.39, 0.29) is 16.7 Å². The molecule has 3 nitrogen and oxygen atoms in total. The van der Waals surface area contributed by atoms with E-state index < -0.39 is 0 Å². The van der Waals surface area contributed by atoms with Gasteiger partial charge in [-0.2, -0.15) is 0 Å². The molecule has 0 aromatic carbocycles. The van der Waals surface area contributed by atoms with E-state index in [4.69, 9.17) is 0 Å². The summed E-state index contributed by atoms with van der Waals surface area (Å²) in [6, 6.07) is 0. The van der Waals surface area contributed by atoms with Crippen molar-refractivity contribution in [3.8, 4) is 0 Å². The van der Waals surface area contributed by atoms with Crippen LogP contribution in [0.25, 0.3) is 0 Å². The summed E-state index contributed by atoms with van der Waals surface area (Å²) in [5.41, 5.74) is 1.97. The number of allylic oxidation sites excluding steroid dienone is 1. The fourth-order valence-corrected chi connectivity index (χ4v) is 3.92. The van der Waals surface area contributed by atoms with Crippen LogP contribution in [-0.2, 0) is 4.79 Å². The van der Waals surface area contributed by atoms with Gasteiger partial charge in [0.05, 0.1) is 0 Å². The smallest absolute Gasteiger partial charge is 0.249 e. The highest BCUT2D eigenvalue weighted by molar-refractivity contribution is 8.01. The van der Waals surface area contributed by atoms with Crippen LogP contribution in [0.4, 0.5) is 0 Å². The molecule has 0 saturated heterocycles. The van der Waals surface area contributed by atoms with Crippen molar-refractivity contribution >= 4 is 23.3 Å². The second-order valence-electron chi connectivity index (χ2n) is 6.76. The zero-order chi connectivity index (χ0) is 14.1. The number of nitrogens with one attached hydrogen (secondary N) is 1. The average molecular weight is 288 g/mol. The molecule has 104 valence electrons. The highest BCUT2D eigenvalue weighted by Gasteiger charge is 2.36. The molecule has 5 heteroatoms. The summed E-state index contributed by atoms with van der Waals surface area (Å²) >= 11 is 0. The first kappa shape index (κ1) is 15.9. The Morgan fingerprint density at radius 2 is 1.72 bits per heavy atom. The molecule has 0 fully saturated rings. The Balaban J connectivity index is 3.49. The summed E-state index contributed by atoms with van der Waals surface area (Å²) in [5.74, 6) is 0.0955. The molecule has 18 heavy (non-hydrogen) atoms. The van der Waals surface area contributed by atoms with Crippen molar-refractivity contribution in [3.05, 3.63) is 11.3 Å². The lowest BCUT2D eigenvalue weighted by Gasteiger charge is -2.37. The number of amides is 1. The van der Waals surface area contributed by atoms with Crippen molar-refractivity contribution < 1.29 is 4.79 Å². The highest BCUT2D eigenvalue weighted by Crippen LogP contribution is 2.45. The number of hydrogen-bond acceptors (Lipinski definition) is 2. The number of hydrogen-bond donors (Lipinski definition) is 1. The normalized spacial score (nSPS) is 19.5. The molecular formula is C13H26N2OP2. The van der Waals surface area contributed by atoms with Crippen LogP contribution >= 0.6 is 17.3 Å². The second-order valence-corrected chi connectivity index (χ2v) is 8.33. The Morgan fingerprint density at radius 1 is 1.17 bits per heavy atom. The van der Waals surface area contributed by atoms with Crippen molar-refractivity contribution in [2.75, 3.05) is 13.1 Å². The molecule has 0 saturated carbocycles. The van der Waals surface area contributed by atoms with E-state index in [2.05, 4.69) is 60.5 Å². The van der Waals surface area contributed by atoms with E-state index in [0.717, 1.165) is 18.7 Å². The summed E-state index contributed by atoms with van der Waals surface area (Å²) in [6.07, 6.45) is 0. The van der Waals surface area contributed by atoms with E-state index in [1.165, 1.54) is 5.70 Å². The zero-order valence-corrected chi connectivity index (χ0v) is 14.5. The van der Waals surface area contributed by atoms with Crippen molar-refractivity contribution in [2.45, 2.75) is 41.5 Å². The lowest BCUT2D eigenvalue weighted by Crippen LogP contribution is -2.32. The predicted octanol–water partition coefficient (Wildman–Crippen LogP) is 3.15. The van der Waals surface area contributed by atoms with Crippen LogP contribution < -0.4 is 5.32 Å².